The molecular formula is C21H27N3O2. The summed E-state index contributed by atoms with van der Waals surface area (Å²) in [5.41, 5.74) is 1.67. The number of carbonyl (C=O) groups excluding carboxylic acids is 2. The van der Waals surface area contributed by atoms with Gasteiger partial charge in [0.1, 0.15) is 0 Å². The van der Waals surface area contributed by atoms with Gasteiger partial charge in [0, 0.05) is 11.7 Å². The Bertz CT molecular complexity index is 731. The summed E-state index contributed by atoms with van der Waals surface area (Å²) in [6, 6.07) is 16.6. The van der Waals surface area contributed by atoms with Crippen molar-refractivity contribution < 1.29 is 9.59 Å². The fraction of sp³-hybridized carbons (Fsp3) is 0.333. The maximum atomic E-state index is 12.6. The van der Waals surface area contributed by atoms with Crippen LogP contribution in [0.15, 0.2) is 54.6 Å². The minimum atomic E-state index is -0.250. The Morgan fingerprint density at radius 3 is 2.35 bits per heavy atom. The van der Waals surface area contributed by atoms with Crippen molar-refractivity contribution in [1.82, 2.24) is 4.90 Å². The number of nitrogens with one attached hydrogen (secondary N) is 2. The van der Waals surface area contributed by atoms with Crippen molar-refractivity contribution in [3.8, 4) is 0 Å². The van der Waals surface area contributed by atoms with E-state index in [0.29, 0.717) is 23.0 Å². The molecule has 0 aromatic heterocycles. The van der Waals surface area contributed by atoms with Crippen molar-refractivity contribution in [3.63, 3.8) is 0 Å². The van der Waals surface area contributed by atoms with Crippen molar-refractivity contribution in [1.29, 1.82) is 0 Å². The van der Waals surface area contributed by atoms with Crippen molar-refractivity contribution in [2.45, 2.75) is 32.7 Å². The van der Waals surface area contributed by atoms with Crippen molar-refractivity contribution in [3.05, 3.63) is 60.2 Å². The molecule has 2 aromatic carbocycles. The topological polar surface area (TPSA) is 61.4 Å². The van der Waals surface area contributed by atoms with Gasteiger partial charge in [-0.2, -0.15) is 0 Å². The molecule has 2 rings (SSSR count). The minimum absolute atomic E-state index is 0.129. The van der Waals surface area contributed by atoms with Crippen LogP contribution in [-0.4, -0.2) is 36.3 Å². The van der Waals surface area contributed by atoms with Gasteiger partial charge in [0.05, 0.1) is 17.8 Å². The summed E-state index contributed by atoms with van der Waals surface area (Å²) in [5.74, 6) is -0.379. The number of anilines is 2. The summed E-state index contributed by atoms with van der Waals surface area (Å²) >= 11 is 0. The predicted molar refractivity (Wildman–Crippen MR) is 106 cm³/mol. The van der Waals surface area contributed by atoms with E-state index in [4.69, 9.17) is 0 Å². The van der Waals surface area contributed by atoms with Gasteiger partial charge in [-0.05, 0) is 44.7 Å². The van der Waals surface area contributed by atoms with Gasteiger partial charge in [0.25, 0.3) is 5.91 Å². The Balaban J connectivity index is 2.04. The van der Waals surface area contributed by atoms with Crippen LogP contribution < -0.4 is 10.6 Å². The van der Waals surface area contributed by atoms with Gasteiger partial charge in [-0.15, -0.1) is 0 Å². The average Bonchev–Trinajstić information content (AvgIpc) is 2.63. The Hall–Kier alpha value is -2.66. The van der Waals surface area contributed by atoms with E-state index >= 15 is 0 Å². The fourth-order valence-electron chi connectivity index (χ4n) is 2.72. The summed E-state index contributed by atoms with van der Waals surface area (Å²) < 4.78 is 0. The molecule has 0 aliphatic heterocycles. The highest BCUT2D eigenvalue weighted by molar-refractivity contribution is 6.10. The molecule has 1 unspecified atom stereocenters. The van der Waals surface area contributed by atoms with Crippen LogP contribution in [0.3, 0.4) is 0 Å². The van der Waals surface area contributed by atoms with Crippen LogP contribution in [0.2, 0.25) is 0 Å². The number of carbonyl (C=O) groups is 2. The number of rotatable bonds is 8. The van der Waals surface area contributed by atoms with E-state index in [-0.39, 0.29) is 18.4 Å². The molecule has 0 bridgehead atoms. The van der Waals surface area contributed by atoms with Gasteiger partial charge >= 0.3 is 0 Å². The number of amides is 2. The molecule has 2 N–H and O–H groups in total. The average molecular weight is 353 g/mol. The number of benzene rings is 2. The lowest BCUT2D eigenvalue weighted by molar-refractivity contribution is -0.117. The third kappa shape index (κ3) is 5.70. The van der Waals surface area contributed by atoms with Gasteiger partial charge in [0.15, 0.2) is 0 Å². The van der Waals surface area contributed by atoms with Crippen LogP contribution >= 0.6 is 0 Å². The molecule has 2 amide bonds. The summed E-state index contributed by atoms with van der Waals surface area (Å²) in [6.45, 7) is 4.53. The normalized spacial score (nSPS) is 11.8. The van der Waals surface area contributed by atoms with Crippen LogP contribution in [0.25, 0.3) is 0 Å². The molecule has 0 heterocycles. The molecule has 0 saturated carbocycles. The van der Waals surface area contributed by atoms with E-state index in [1.807, 2.05) is 42.3 Å². The van der Waals surface area contributed by atoms with Gasteiger partial charge in [0.2, 0.25) is 5.91 Å². The lowest BCUT2D eigenvalue weighted by Crippen LogP contribution is -2.36. The molecule has 1 atom stereocenters. The van der Waals surface area contributed by atoms with Crippen molar-refractivity contribution in [2.24, 2.45) is 0 Å². The van der Waals surface area contributed by atoms with Gasteiger partial charge in [-0.25, -0.2) is 0 Å². The standard InChI is InChI=1S/C21H27N3O2/c1-4-10-16(2)24(3)15-20(25)23-19-14-9-8-13-18(19)21(26)22-17-11-6-5-7-12-17/h5-9,11-14,16H,4,10,15H2,1-3H3,(H,22,26)(H,23,25). The monoisotopic (exact) mass is 353 g/mol. The number of hydrogen-bond acceptors (Lipinski definition) is 3. The second-order valence-corrected chi connectivity index (χ2v) is 6.47. The lowest BCUT2D eigenvalue weighted by atomic mass is 10.1. The quantitative estimate of drug-likeness (QED) is 0.754. The SMILES string of the molecule is CCCC(C)N(C)CC(=O)Nc1ccccc1C(=O)Nc1ccccc1. The molecule has 26 heavy (non-hydrogen) atoms. The Labute approximate surface area is 155 Å². The zero-order chi connectivity index (χ0) is 18.9. The highest BCUT2D eigenvalue weighted by Crippen LogP contribution is 2.17. The third-order valence-corrected chi connectivity index (χ3v) is 4.33. The Kier molecular flexibility index (Phi) is 7.36. The highest BCUT2D eigenvalue weighted by Gasteiger charge is 2.16. The van der Waals surface area contributed by atoms with Gasteiger partial charge in [-0.1, -0.05) is 43.7 Å². The molecule has 0 radical (unpaired) electrons. The largest absolute Gasteiger partial charge is 0.324 e. The van der Waals surface area contributed by atoms with Crippen LogP contribution in [0, 0.1) is 0 Å². The zero-order valence-corrected chi connectivity index (χ0v) is 15.7. The lowest BCUT2D eigenvalue weighted by Gasteiger charge is -2.23. The summed E-state index contributed by atoms with van der Waals surface area (Å²) in [7, 11) is 1.94. The predicted octanol–water partition coefficient (Wildman–Crippen LogP) is 4.00. The Morgan fingerprint density at radius 2 is 1.65 bits per heavy atom. The van der Waals surface area contributed by atoms with E-state index in [1.54, 1.807) is 24.3 Å². The highest BCUT2D eigenvalue weighted by atomic mass is 16.2. The molecule has 5 nitrogen and oxygen atoms in total. The molecular weight excluding hydrogens is 326 g/mol. The molecule has 138 valence electrons. The number of para-hydroxylation sites is 2. The van der Waals surface area contributed by atoms with Crippen LogP contribution in [0.4, 0.5) is 11.4 Å². The van der Waals surface area contributed by atoms with Crippen LogP contribution in [-0.2, 0) is 4.79 Å². The summed E-state index contributed by atoms with van der Waals surface area (Å²) in [4.78, 5) is 27.0. The minimum Gasteiger partial charge on any atom is -0.324 e. The maximum absolute atomic E-state index is 12.6. The van der Waals surface area contributed by atoms with Gasteiger partial charge in [-0.3, -0.25) is 14.5 Å². The van der Waals surface area contributed by atoms with E-state index in [2.05, 4.69) is 24.5 Å². The second-order valence-electron chi connectivity index (χ2n) is 6.47. The molecule has 0 aliphatic rings. The van der Waals surface area contributed by atoms with Crippen LogP contribution in [0.5, 0.6) is 0 Å². The first kappa shape index (κ1) is 19.7. The fourth-order valence-corrected chi connectivity index (χ4v) is 2.72. The van der Waals surface area contributed by atoms with E-state index in [1.165, 1.54) is 0 Å². The first-order chi connectivity index (χ1) is 12.5. The molecule has 0 aliphatic carbocycles. The first-order valence-corrected chi connectivity index (χ1v) is 8.96. The summed E-state index contributed by atoms with van der Waals surface area (Å²) in [6.07, 6.45) is 2.12. The van der Waals surface area contributed by atoms with Crippen LogP contribution in [0.1, 0.15) is 37.0 Å². The molecule has 5 heteroatoms. The van der Waals surface area contributed by atoms with E-state index in [0.717, 1.165) is 12.8 Å². The van der Waals surface area contributed by atoms with Crippen molar-refractivity contribution in [2.75, 3.05) is 24.2 Å². The molecule has 0 saturated heterocycles. The molecule has 0 spiro atoms. The number of nitrogens with zero attached hydrogens (tertiary/aromatic N) is 1. The molecule has 2 aromatic rings. The number of likely N-dealkylation sites (N-methyl/N-ethyl adjacent to an activating group) is 1. The first-order valence-electron chi connectivity index (χ1n) is 8.96. The zero-order valence-electron chi connectivity index (χ0n) is 15.7. The Morgan fingerprint density at radius 1 is 1.00 bits per heavy atom. The van der Waals surface area contributed by atoms with Gasteiger partial charge < -0.3 is 10.6 Å². The third-order valence-electron chi connectivity index (χ3n) is 4.33. The summed E-state index contributed by atoms with van der Waals surface area (Å²) in [5, 5.41) is 5.71. The number of hydrogen-bond donors (Lipinski definition) is 2. The smallest absolute Gasteiger partial charge is 0.257 e. The maximum Gasteiger partial charge on any atom is 0.257 e. The van der Waals surface area contributed by atoms with Crippen molar-refractivity contribution >= 4 is 23.2 Å². The molecule has 0 fully saturated rings. The van der Waals surface area contributed by atoms with E-state index < -0.39 is 0 Å². The van der Waals surface area contributed by atoms with E-state index in [9.17, 15) is 9.59 Å². The second kappa shape index (κ2) is 9.73.